The maximum absolute atomic E-state index is 11.1. The first-order valence-electron chi connectivity index (χ1n) is 5.82. The van der Waals surface area contributed by atoms with Crippen molar-refractivity contribution < 1.29 is 23.8 Å². The van der Waals surface area contributed by atoms with Gasteiger partial charge in [0.05, 0.1) is 13.7 Å². The molecule has 104 valence electrons. The van der Waals surface area contributed by atoms with Gasteiger partial charge in [-0.25, -0.2) is 0 Å². The van der Waals surface area contributed by atoms with Crippen LogP contribution < -0.4 is 15.2 Å². The third-order valence-corrected chi connectivity index (χ3v) is 2.23. The van der Waals surface area contributed by atoms with Gasteiger partial charge in [0.1, 0.15) is 11.5 Å². The Morgan fingerprint density at radius 3 is 2.37 bits per heavy atom. The van der Waals surface area contributed by atoms with E-state index in [1.165, 1.54) is 0 Å². The average Bonchev–Trinajstić information content (AvgIpc) is 2.42. The first-order valence-corrected chi connectivity index (χ1v) is 5.82. The van der Waals surface area contributed by atoms with Gasteiger partial charge in [0.25, 0.3) is 5.91 Å². The maximum atomic E-state index is 11.1. The van der Waals surface area contributed by atoms with Crippen molar-refractivity contribution in [1.29, 1.82) is 0 Å². The number of primary amides is 1. The summed E-state index contributed by atoms with van der Waals surface area (Å²) in [6, 6.07) is 7.14. The smallest absolute Gasteiger partial charge is 0.306 e. The van der Waals surface area contributed by atoms with Gasteiger partial charge in [0, 0.05) is 6.42 Å². The molecular formula is C13H17NO5. The number of esters is 1. The number of benzene rings is 1. The van der Waals surface area contributed by atoms with Gasteiger partial charge in [0.2, 0.25) is 0 Å². The number of nitrogens with two attached hydrogens (primary N) is 1. The van der Waals surface area contributed by atoms with Crippen molar-refractivity contribution >= 4 is 11.9 Å². The molecule has 0 spiro atoms. The van der Waals surface area contributed by atoms with Crippen molar-refractivity contribution in [3.8, 4) is 11.5 Å². The van der Waals surface area contributed by atoms with Crippen LogP contribution in [0.3, 0.4) is 0 Å². The van der Waals surface area contributed by atoms with Gasteiger partial charge in [-0.2, -0.15) is 0 Å². The number of carbonyl (C=O) groups excluding carboxylic acids is 2. The molecule has 1 amide bonds. The van der Waals surface area contributed by atoms with Crippen molar-refractivity contribution in [2.75, 3.05) is 20.3 Å². The molecule has 2 N–H and O–H groups in total. The quantitative estimate of drug-likeness (QED) is 0.558. The molecule has 0 aliphatic heterocycles. The molecule has 0 unspecified atom stereocenters. The normalized spacial score (nSPS) is 9.74. The first-order chi connectivity index (χ1) is 9.11. The van der Waals surface area contributed by atoms with E-state index in [1.54, 1.807) is 31.4 Å². The van der Waals surface area contributed by atoms with E-state index in [0.717, 1.165) is 5.75 Å². The lowest BCUT2D eigenvalue weighted by Crippen LogP contribution is -2.21. The Kier molecular flexibility index (Phi) is 6.21. The minimum atomic E-state index is -0.664. The minimum Gasteiger partial charge on any atom is -0.497 e. The molecule has 6 nitrogen and oxygen atoms in total. The summed E-state index contributed by atoms with van der Waals surface area (Å²) >= 11 is 0. The highest BCUT2D eigenvalue weighted by molar-refractivity contribution is 5.78. The standard InChI is InChI=1S/C13H17NO5/c1-17-10-4-6-11(7-5-10)18-8-2-3-13(16)19-9-12(14)15/h4-7H,2-3,8-9H2,1H3,(H2,14,15). The summed E-state index contributed by atoms with van der Waals surface area (Å²) in [6.07, 6.45) is 0.688. The third kappa shape index (κ3) is 6.30. The third-order valence-electron chi connectivity index (χ3n) is 2.23. The van der Waals surface area contributed by atoms with Crippen LogP contribution in [-0.2, 0) is 14.3 Å². The summed E-state index contributed by atoms with van der Waals surface area (Å²) in [6.45, 7) is 0.0101. The van der Waals surface area contributed by atoms with Gasteiger partial charge in [0.15, 0.2) is 6.61 Å². The Bertz CT molecular complexity index is 416. The van der Waals surface area contributed by atoms with Crippen LogP contribution in [0.4, 0.5) is 0 Å². The highest BCUT2D eigenvalue weighted by Gasteiger charge is 2.04. The minimum absolute atomic E-state index is 0.184. The fourth-order valence-corrected chi connectivity index (χ4v) is 1.30. The molecule has 0 radical (unpaired) electrons. The second-order valence-electron chi connectivity index (χ2n) is 3.75. The van der Waals surface area contributed by atoms with Crippen LogP contribution in [0.5, 0.6) is 11.5 Å². The molecule has 0 fully saturated rings. The van der Waals surface area contributed by atoms with E-state index in [4.69, 9.17) is 15.2 Å². The molecule has 0 atom stereocenters. The zero-order chi connectivity index (χ0) is 14.1. The van der Waals surface area contributed by atoms with E-state index in [2.05, 4.69) is 4.74 Å². The summed E-state index contributed by atoms with van der Waals surface area (Å²) in [5.74, 6) is 0.327. The summed E-state index contributed by atoms with van der Waals surface area (Å²) < 4.78 is 15.0. The number of rotatable bonds is 8. The Morgan fingerprint density at radius 1 is 1.16 bits per heavy atom. The van der Waals surface area contributed by atoms with E-state index < -0.39 is 11.9 Å². The van der Waals surface area contributed by atoms with Gasteiger partial charge in [-0.1, -0.05) is 0 Å². The number of carbonyl (C=O) groups is 2. The van der Waals surface area contributed by atoms with E-state index in [0.29, 0.717) is 18.8 Å². The van der Waals surface area contributed by atoms with Gasteiger partial charge in [-0.15, -0.1) is 0 Å². The Morgan fingerprint density at radius 2 is 1.79 bits per heavy atom. The number of amides is 1. The number of hydrogen-bond donors (Lipinski definition) is 1. The van der Waals surface area contributed by atoms with Crippen molar-refractivity contribution in [2.45, 2.75) is 12.8 Å². The zero-order valence-corrected chi connectivity index (χ0v) is 10.8. The molecule has 0 saturated heterocycles. The molecule has 0 aliphatic carbocycles. The Hall–Kier alpha value is -2.24. The highest BCUT2D eigenvalue weighted by atomic mass is 16.5. The molecule has 0 saturated carbocycles. The van der Waals surface area contributed by atoms with E-state index in [9.17, 15) is 9.59 Å². The SMILES string of the molecule is COc1ccc(OCCCC(=O)OCC(N)=O)cc1. The van der Waals surface area contributed by atoms with Gasteiger partial charge < -0.3 is 19.9 Å². The lowest BCUT2D eigenvalue weighted by molar-refractivity contribution is -0.147. The van der Waals surface area contributed by atoms with Crippen molar-refractivity contribution in [1.82, 2.24) is 0 Å². The van der Waals surface area contributed by atoms with Crippen LogP contribution in [0.1, 0.15) is 12.8 Å². The average molecular weight is 267 g/mol. The van der Waals surface area contributed by atoms with Gasteiger partial charge in [-0.05, 0) is 30.7 Å². The van der Waals surface area contributed by atoms with E-state index in [1.807, 2.05) is 0 Å². The summed E-state index contributed by atoms with van der Waals surface area (Å²) in [5, 5.41) is 0. The summed E-state index contributed by atoms with van der Waals surface area (Å²) in [4.78, 5) is 21.5. The highest BCUT2D eigenvalue weighted by Crippen LogP contribution is 2.17. The Labute approximate surface area is 111 Å². The molecule has 19 heavy (non-hydrogen) atoms. The number of ether oxygens (including phenoxy) is 3. The molecule has 0 bridgehead atoms. The fourth-order valence-electron chi connectivity index (χ4n) is 1.30. The van der Waals surface area contributed by atoms with Crippen LogP contribution in [0.15, 0.2) is 24.3 Å². The van der Waals surface area contributed by atoms with Gasteiger partial charge >= 0.3 is 5.97 Å². The second kappa shape index (κ2) is 7.97. The van der Waals surface area contributed by atoms with Crippen LogP contribution in [-0.4, -0.2) is 32.2 Å². The molecular weight excluding hydrogens is 250 g/mol. The molecule has 0 heterocycles. The van der Waals surface area contributed by atoms with Gasteiger partial charge in [-0.3, -0.25) is 9.59 Å². The zero-order valence-electron chi connectivity index (χ0n) is 10.8. The number of methoxy groups -OCH3 is 1. The molecule has 1 aromatic rings. The lowest BCUT2D eigenvalue weighted by Gasteiger charge is -2.06. The van der Waals surface area contributed by atoms with Crippen molar-refractivity contribution in [3.63, 3.8) is 0 Å². The van der Waals surface area contributed by atoms with Crippen LogP contribution in [0.2, 0.25) is 0 Å². The lowest BCUT2D eigenvalue weighted by atomic mass is 10.3. The van der Waals surface area contributed by atoms with Crippen molar-refractivity contribution in [2.24, 2.45) is 5.73 Å². The van der Waals surface area contributed by atoms with E-state index in [-0.39, 0.29) is 13.0 Å². The molecule has 0 aliphatic rings. The largest absolute Gasteiger partial charge is 0.497 e. The molecule has 6 heteroatoms. The first kappa shape index (κ1) is 14.8. The maximum Gasteiger partial charge on any atom is 0.306 e. The van der Waals surface area contributed by atoms with Crippen molar-refractivity contribution in [3.05, 3.63) is 24.3 Å². The second-order valence-corrected chi connectivity index (χ2v) is 3.75. The summed E-state index contributed by atoms with van der Waals surface area (Å²) in [7, 11) is 1.59. The molecule has 0 aromatic heterocycles. The summed E-state index contributed by atoms with van der Waals surface area (Å²) in [5.41, 5.74) is 4.84. The Balaban J connectivity index is 2.16. The predicted octanol–water partition coefficient (Wildman–Crippen LogP) is 0.883. The topological polar surface area (TPSA) is 87.8 Å². The van der Waals surface area contributed by atoms with Crippen LogP contribution in [0.25, 0.3) is 0 Å². The molecule has 1 rings (SSSR count). The van der Waals surface area contributed by atoms with Crippen LogP contribution >= 0.6 is 0 Å². The number of hydrogen-bond acceptors (Lipinski definition) is 5. The predicted molar refractivity (Wildman–Crippen MR) is 67.9 cm³/mol. The monoisotopic (exact) mass is 267 g/mol. The fraction of sp³-hybridized carbons (Fsp3) is 0.385. The molecule has 1 aromatic carbocycles. The van der Waals surface area contributed by atoms with Crippen LogP contribution in [0, 0.1) is 0 Å². The van der Waals surface area contributed by atoms with E-state index >= 15 is 0 Å².